The summed E-state index contributed by atoms with van der Waals surface area (Å²) in [6, 6.07) is -0.893. The highest BCUT2D eigenvalue weighted by Gasteiger charge is 2.54. The van der Waals surface area contributed by atoms with Crippen LogP contribution < -0.4 is 5.32 Å². The second-order valence-corrected chi connectivity index (χ2v) is 31.7. The van der Waals surface area contributed by atoms with Crippen LogP contribution in [0.5, 0.6) is 0 Å². The molecule has 17 unspecified atom stereocenters. The van der Waals surface area contributed by atoms with Crippen molar-refractivity contribution in [3.8, 4) is 0 Å². The SMILES string of the molecule is CC/C=C\C/C=C\C/C=C\C/C=C\C/C=C\C/C=C\C/C=C\CCCCCCCCCCCCCCCCCC(=O)NC(COC1OC(CO)C(OC2OC(CO)C(OC3OC(CO)C(O)C(O)C3O)C(O)C2O)C(O)C1O)C(O)CCCCCCCCCCCCCCCCCCCCCCCCCCCCCC. The lowest BCUT2D eigenvalue weighted by Crippen LogP contribution is -2.66. The summed E-state index contributed by atoms with van der Waals surface area (Å²) >= 11 is 0. The van der Waals surface area contributed by atoms with Gasteiger partial charge in [0.05, 0.1) is 38.6 Å². The highest BCUT2D eigenvalue weighted by molar-refractivity contribution is 5.76. The van der Waals surface area contributed by atoms with Crippen LogP contribution >= 0.6 is 0 Å². The van der Waals surface area contributed by atoms with Gasteiger partial charge in [0.2, 0.25) is 5.91 Å². The van der Waals surface area contributed by atoms with E-state index in [0.29, 0.717) is 12.8 Å². The Kier molecular flexibility index (Phi) is 64.6. The number of unbranched alkanes of at least 4 members (excludes halogenated alkanes) is 42. The number of allylic oxidation sites excluding steroid dienone is 14. The van der Waals surface area contributed by atoms with Crippen LogP contribution in [0.25, 0.3) is 0 Å². The van der Waals surface area contributed by atoms with Gasteiger partial charge in [0, 0.05) is 6.42 Å². The van der Waals surface area contributed by atoms with Crippen molar-refractivity contribution in [2.75, 3.05) is 26.4 Å². The first-order chi connectivity index (χ1) is 53.8. The van der Waals surface area contributed by atoms with Crippen molar-refractivity contribution in [2.45, 2.75) is 458 Å². The minimum Gasteiger partial charge on any atom is -0.394 e. The second kappa shape index (κ2) is 70.2. The summed E-state index contributed by atoms with van der Waals surface area (Å²) in [7, 11) is 0. The Labute approximate surface area is 667 Å². The Morgan fingerprint density at radius 2 is 0.627 bits per heavy atom. The number of carbonyl (C=O) groups excluding carboxylic acids is 1. The Hall–Kier alpha value is -3.03. The molecular formula is C91H163NO18. The number of ether oxygens (including phenoxy) is 6. The molecular weight excluding hydrogens is 1390 g/mol. The Morgan fingerprint density at radius 3 is 0.982 bits per heavy atom. The van der Waals surface area contributed by atoms with Crippen LogP contribution in [0, 0.1) is 0 Å². The van der Waals surface area contributed by atoms with E-state index in [1.165, 1.54) is 225 Å². The maximum absolute atomic E-state index is 13.5. The number of aliphatic hydroxyl groups excluding tert-OH is 11. The van der Waals surface area contributed by atoms with E-state index >= 15 is 0 Å². The maximum atomic E-state index is 13.5. The Bertz CT molecular complexity index is 2310. The van der Waals surface area contributed by atoms with Crippen molar-refractivity contribution in [3.05, 3.63) is 85.1 Å². The van der Waals surface area contributed by atoms with E-state index in [2.05, 4.69) is 104 Å². The van der Waals surface area contributed by atoms with Gasteiger partial charge < -0.3 is 89.9 Å². The number of rotatable bonds is 72. The molecule has 0 saturated carbocycles. The standard InChI is InChI=1S/C91H163NO18/c1-3-5-7-9-11-13-15-17-19-21-23-25-27-29-31-33-34-35-36-37-38-39-40-41-43-45-47-49-51-53-55-57-59-61-63-65-67-69-79(97)92-74(75(96)68-66-64-62-60-58-56-54-52-50-48-46-44-42-32-30-28-26-24-22-20-18-16-14-12-10-8-6-4-2)73-105-89-85(103)82(100)87(77(71-94)107-89)110-91-86(104)83(101)88(78(72-95)108-91)109-90-84(102)81(99)80(98)76(70-93)106-90/h5,7,11,13,17,19,23,25,29,31,34-35,37-38,74-78,80-91,93-96,98-104H,3-4,6,8-10,12,14-16,18,20-22,24,26-28,30,32-33,36,39-73H2,1-2H3,(H,92,97)/b7-5-,13-11-,19-17-,25-23-,31-29-,35-34-,38-37-. The number of hydrogen-bond donors (Lipinski definition) is 12. The molecule has 0 radical (unpaired) electrons. The molecule has 640 valence electrons. The van der Waals surface area contributed by atoms with Crippen LogP contribution in [0.2, 0.25) is 0 Å². The van der Waals surface area contributed by atoms with Crippen molar-refractivity contribution < 1.29 is 89.4 Å². The van der Waals surface area contributed by atoms with E-state index < -0.39 is 124 Å². The third-order valence-corrected chi connectivity index (χ3v) is 22.0. The van der Waals surface area contributed by atoms with Crippen molar-refractivity contribution in [2.24, 2.45) is 0 Å². The van der Waals surface area contributed by atoms with Crippen LogP contribution in [0.1, 0.15) is 354 Å². The summed E-state index contributed by atoms with van der Waals surface area (Å²) in [5.41, 5.74) is 0. The zero-order valence-corrected chi connectivity index (χ0v) is 69.0. The molecule has 12 N–H and O–H groups in total. The molecule has 0 bridgehead atoms. The fourth-order valence-corrected chi connectivity index (χ4v) is 14.9. The molecule has 1 amide bonds. The summed E-state index contributed by atoms with van der Waals surface area (Å²) in [5, 5.41) is 121. The van der Waals surface area contributed by atoms with Crippen LogP contribution in [0.4, 0.5) is 0 Å². The monoisotopic (exact) mass is 1560 g/mol. The molecule has 0 aromatic rings. The minimum atomic E-state index is -1.98. The highest BCUT2D eigenvalue weighted by atomic mass is 16.8. The largest absolute Gasteiger partial charge is 0.394 e. The number of hydrogen-bond acceptors (Lipinski definition) is 18. The summed E-state index contributed by atoms with van der Waals surface area (Å²) < 4.78 is 34.6. The second-order valence-electron chi connectivity index (χ2n) is 31.7. The van der Waals surface area contributed by atoms with E-state index in [0.717, 1.165) is 96.3 Å². The molecule has 0 aromatic heterocycles. The van der Waals surface area contributed by atoms with Crippen LogP contribution in [0.3, 0.4) is 0 Å². The van der Waals surface area contributed by atoms with E-state index in [4.69, 9.17) is 28.4 Å². The molecule has 3 aliphatic rings. The number of carbonyl (C=O) groups is 1. The zero-order valence-electron chi connectivity index (χ0n) is 69.0. The molecule has 3 saturated heterocycles. The summed E-state index contributed by atoms with van der Waals surface area (Å²) in [4.78, 5) is 13.5. The zero-order chi connectivity index (χ0) is 79.5. The smallest absolute Gasteiger partial charge is 0.220 e. The van der Waals surface area contributed by atoms with E-state index in [9.17, 15) is 61.0 Å². The van der Waals surface area contributed by atoms with Gasteiger partial charge in [0.15, 0.2) is 18.9 Å². The average molecular weight is 1560 g/mol. The summed E-state index contributed by atoms with van der Waals surface area (Å²) in [5.74, 6) is -0.240. The van der Waals surface area contributed by atoms with Crippen molar-refractivity contribution in [3.63, 3.8) is 0 Å². The quantitative estimate of drug-likeness (QED) is 0.0199. The number of amides is 1. The molecule has 0 aromatic carbocycles. The van der Waals surface area contributed by atoms with Crippen molar-refractivity contribution in [1.82, 2.24) is 5.32 Å². The Balaban J connectivity index is 1.32. The molecule has 0 spiro atoms. The van der Waals surface area contributed by atoms with Gasteiger partial charge in [-0.1, -0.05) is 362 Å². The van der Waals surface area contributed by atoms with E-state index in [1.54, 1.807) is 0 Å². The van der Waals surface area contributed by atoms with Gasteiger partial charge in [-0.15, -0.1) is 0 Å². The molecule has 0 aliphatic carbocycles. The first-order valence-electron chi connectivity index (χ1n) is 44.8. The first kappa shape index (κ1) is 101. The molecule has 19 nitrogen and oxygen atoms in total. The van der Waals surface area contributed by atoms with Gasteiger partial charge in [0.25, 0.3) is 0 Å². The average Bonchev–Trinajstić information content (AvgIpc) is 0.784. The molecule has 3 aliphatic heterocycles. The third-order valence-electron chi connectivity index (χ3n) is 22.0. The maximum Gasteiger partial charge on any atom is 0.220 e. The fourth-order valence-electron chi connectivity index (χ4n) is 14.9. The van der Waals surface area contributed by atoms with Crippen LogP contribution in [-0.4, -0.2) is 193 Å². The summed E-state index contributed by atoms with van der Waals surface area (Å²) in [6.07, 6.45) is 68.2. The predicted molar refractivity (Wildman–Crippen MR) is 443 cm³/mol. The lowest BCUT2D eigenvalue weighted by molar-refractivity contribution is -0.379. The van der Waals surface area contributed by atoms with Crippen LogP contribution in [-0.2, 0) is 33.2 Å². The lowest BCUT2D eigenvalue weighted by atomic mass is 9.96. The molecule has 17 atom stereocenters. The van der Waals surface area contributed by atoms with Gasteiger partial charge in [-0.05, 0) is 70.6 Å². The van der Waals surface area contributed by atoms with Gasteiger partial charge >= 0.3 is 0 Å². The third kappa shape index (κ3) is 48.5. The topological polar surface area (TPSA) is 307 Å². The fraction of sp³-hybridized carbons (Fsp3) is 0.835. The summed E-state index contributed by atoms with van der Waals surface area (Å²) in [6.45, 7) is 1.74. The minimum absolute atomic E-state index is 0.240. The number of aliphatic hydroxyl groups is 11. The number of nitrogens with one attached hydrogen (secondary N) is 1. The molecule has 3 fully saturated rings. The van der Waals surface area contributed by atoms with Gasteiger partial charge in [-0.3, -0.25) is 4.79 Å². The van der Waals surface area contributed by atoms with Gasteiger partial charge in [-0.2, -0.15) is 0 Å². The molecule has 3 rings (SSSR count). The van der Waals surface area contributed by atoms with E-state index in [1.807, 2.05) is 0 Å². The Morgan fingerprint density at radius 1 is 0.336 bits per heavy atom. The highest BCUT2D eigenvalue weighted by Crippen LogP contribution is 2.34. The van der Waals surface area contributed by atoms with E-state index in [-0.39, 0.29) is 18.9 Å². The van der Waals surface area contributed by atoms with Crippen molar-refractivity contribution >= 4 is 5.91 Å². The normalized spacial score (nSPS) is 25.6. The molecule has 110 heavy (non-hydrogen) atoms. The van der Waals surface area contributed by atoms with Crippen LogP contribution in [0.15, 0.2) is 85.1 Å². The predicted octanol–water partition coefficient (Wildman–Crippen LogP) is 16.9. The first-order valence-corrected chi connectivity index (χ1v) is 44.8. The molecule has 3 heterocycles. The van der Waals surface area contributed by atoms with Gasteiger partial charge in [0.1, 0.15) is 73.2 Å². The van der Waals surface area contributed by atoms with Crippen molar-refractivity contribution in [1.29, 1.82) is 0 Å². The molecule has 19 heteroatoms. The lowest BCUT2D eigenvalue weighted by Gasteiger charge is -2.48. The van der Waals surface area contributed by atoms with Gasteiger partial charge in [-0.25, -0.2) is 0 Å².